The van der Waals surface area contributed by atoms with Gasteiger partial charge in [0.05, 0.1) is 11.8 Å². The second-order valence-electron chi connectivity index (χ2n) is 3.75. The smallest absolute Gasteiger partial charge is 0.218 e. The molecule has 0 aliphatic heterocycles. The van der Waals surface area contributed by atoms with Gasteiger partial charge >= 0.3 is 0 Å². The standard InChI is InChI=1S/C12H8N6OS/c13-6-8-3-4-10(15-7-8)20-12-17-16-11(18(12)14)9-2-1-5-19-9/h1-5,7H,14H2. The van der Waals surface area contributed by atoms with E-state index in [-0.39, 0.29) is 0 Å². The second kappa shape index (κ2) is 5.07. The summed E-state index contributed by atoms with van der Waals surface area (Å²) in [5, 5.41) is 17.8. The zero-order valence-corrected chi connectivity index (χ0v) is 10.9. The van der Waals surface area contributed by atoms with E-state index in [1.165, 1.54) is 22.6 Å². The zero-order valence-electron chi connectivity index (χ0n) is 10.1. The van der Waals surface area contributed by atoms with Crippen molar-refractivity contribution >= 4 is 11.8 Å². The zero-order chi connectivity index (χ0) is 13.9. The maximum atomic E-state index is 8.72. The van der Waals surface area contributed by atoms with E-state index in [2.05, 4.69) is 15.2 Å². The second-order valence-corrected chi connectivity index (χ2v) is 4.74. The van der Waals surface area contributed by atoms with Crippen molar-refractivity contribution in [2.45, 2.75) is 10.2 Å². The van der Waals surface area contributed by atoms with Crippen LogP contribution in [0.1, 0.15) is 5.56 Å². The Balaban J connectivity index is 1.86. The highest BCUT2D eigenvalue weighted by Gasteiger charge is 2.15. The van der Waals surface area contributed by atoms with Crippen molar-refractivity contribution < 1.29 is 4.42 Å². The Labute approximate surface area is 118 Å². The number of hydrogen-bond acceptors (Lipinski definition) is 7. The van der Waals surface area contributed by atoms with Gasteiger partial charge in [-0.2, -0.15) is 5.26 Å². The van der Waals surface area contributed by atoms with Gasteiger partial charge in [-0.3, -0.25) is 0 Å². The number of rotatable bonds is 3. The van der Waals surface area contributed by atoms with Gasteiger partial charge in [-0.25, -0.2) is 9.66 Å². The molecule has 0 bridgehead atoms. The predicted octanol–water partition coefficient (Wildman–Crippen LogP) is 1.67. The number of nitriles is 1. The van der Waals surface area contributed by atoms with Gasteiger partial charge in [0.1, 0.15) is 11.1 Å². The quantitative estimate of drug-likeness (QED) is 0.729. The molecule has 7 nitrogen and oxygen atoms in total. The number of nitrogen functional groups attached to an aromatic ring is 1. The lowest BCUT2D eigenvalue weighted by Crippen LogP contribution is -2.11. The van der Waals surface area contributed by atoms with Crippen LogP contribution in [0, 0.1) is 11.3 Å². The molecule has 0 saturated heterocycles. The van der Waals surface area contributed by atoms with Crippen LogP contribution in [0.5, 0.6) is 0 Å². The molecule has 0 amide bonds. The average molecular weight is 284 g/mol. The van der Waals surface area contributed by atoms with E-state index in [1.54, 1.807) is 30.5 Å². The molecule has 0 saturated carbocycles. The van der Waals surface area contributed by atoms with Gasteiger partial charge in [-0.05, 0) is 36.0 Å². The summed E-state index contributed by atoms with van der Waals surface area (Å²) in [7, 11) is 0. The van der Waals surface area contributed by atoms with Crippen molar-refractivity contribution in [3.8, 4) is 17.7 Å². The van der Waals surface area contributed by atoms with Gasteiger partial charge in [-0.15, -0.1) is 10.2 Å². The fraction of sp³-hybridized carbons (Fsp3) is 0. The minimum atomic E-state index is 0.436. The Morgan fingerprint density at radius 3 is 2.85 bits per heavy atom. The van der Waals surface area contributed by atoms with Crippen molar-refractivity contribution in [2.24, 2.45) is 0 Å². The summed E-state index contributed by atoms with van der Waals surface area (Å²) < 4.78 is 6.57. The molecule has 20 heavy (non-hydrogen) atoms. The van der Waals surface area contributed by atoms with E-state index in [0.717, 1.165) is 0 Å². The number of furan rings is 1. The van der Waals surface area contributed by atoms with Crippen LogP contribution in [0.25, 0.3) is 11.6 Å². The molecule has 0 unspecified atom stereocenters. The van der Waals surface area contributed by atoms with Crippen molar-refractivity contribution in [3.05, 3.63) is 42.3 Å². The Morgan fingerprint density at radius 2 is 2.20 bits per heavy atom. The van der Waals surface area contributed by atoms with Crippen molar-refractivity contribution in [1.82, 2.24) is 19.9 Å². The summed E-state index contributed by atoms with van der Waals surface area (Å²) in [4.78, 5) is 4.14. The van der Waals surface area contributed by atoms with Crippen LogP contribution in [0.4, 0.5) is 0 Å². The molecular weight excluding hydrogens is 276 g/mol. The third-order valence-electron chi connectivity index (χ3n) is 2.47. The fourth-order valence-corrected chi connectivity index (χ4v) is 2.22. The summed E-state index contributed by atoms with van der Waals surface area (Å²) in [6.45, 7) is 0. The minimum absolute atomic E-state index is 0.436. The maximum absolute atomic E-state index is 8.72. The highest BCUT2D eigenvalue weighted by molar-refractivity contribution is 7.99. The molecule has 0 fully saturated rings. The van der Waals surface area contributed by atoms with Crippen molar-refractivity contribution in [1.29, 1.82) is 5.26 Å². The molecule has 3 aromatic heterocycles. The van der Waals surface area contributed by atoms with E-state index in [1.807, 2.05) is 6.07 Å². The van der Waals surface area contributed by atoms with E-state index < -0.39 is 0 Å². The molecule has 2 N–H and O–H groups in total. The summed E-state index contributed by atoms with van der Waals surface area (Å²) in [5.41, 5.74) is 0.500. The predicted molar refractivity (Wildman–Crippen MR) is 70.9 cm³/mol. The first kappa shape index (κ1) is 12.3. The Hall–Kier alpha value is -2.79. The van der Waals surface area contributed by atoms with Crippen LogP contribution < -0.4 is 5.84 Å². The Kier molecular flexibility index (Phi) is 3.10. The van der Waals surface area contributed by atoms with Crippen LogP contribution in [0.2, 0.25) is 0 Å². The molecule has 0 spiro atoms. The first-order chi connectivity index (χ1) is 9.78. The monoisotopic (exact) mass is 284 g/mol. The highest BCUT2D eigenvalue weighted by Crippen LogP contribution is 2.26. The third-order valence-corrected chi connectivity index (χ3v) is 3.38. The molecule has 3 aromatic rings. The molecule has 3 rings (SSSR count). The number of hydrogen-bond donors (Lipinski definition) is 1. The van der Waals surface area contributed by atoms with Crippen LogP contribution in [-0.2, 0) is 0 Å². The molecule has 8 heteroatoms. The van der Waals surface area contributed by atoms with Gasteiger partial charge in [0.2, 0.25) is 11.0 Å². The van der Waals surface area contributed by atoms with Gasteiger partial charge in [-0.1, -0.05) is 0 Å². The van der Waals surface area contributed by atoms with Gasteiger partial charge in [0.15, 0.2) is 5.76 Å². The lowest BCUT2D eigenvalue weighted by molar-refractivity contribution is 0.574. The van der Waals surface area contributed by atoms with Crippen molar-refractivity contribution in [3.63, 3.8) is 0 Å². The number of nitrogens with two attached hydrogens (primary N) is 1. The van der Waals surface area contributed by atoms with Crippen molar-refractivity contribution in [2.75, 3.05) is 5.84 Å². The molecule has 0 aliphatic rings. The maximum Gasteiger partial charge on any atom is 0.218 e. The molecule has 98 valence electrons. The van der Waals surface area contributed by atoms with Gasteiger partial charge in [0.25, 0.3) is 0 Å². The Morgan fingerprint density at radius 1 is 1.30 bits per heavy atom. The number of pyridine rings is 1. The summed E-state index contributed by atoms with van der Waals surface area (Å²) in [6, 6.07) is 8.92. The third kappa shape index (κ3) is 2.22. The number of nitrogens with zero attached hydrogens (tertiary/aromatic N) is 5. The lowest BCUT2D eigenvalue weighted by Gasteiger charge is -2.01. The molecule has 0 atom stereocenters. The van der Waals surface area contributed by atoms with Crippen LogP contribution in [0.3, 0.4) is 0 Å². The summed E-state index contributed by atoms with van der Waals surface area (Å²) in [6.07, 6.45) is 3.03. The Bertz CT molecular complexity index is 756. The highest BCUT2D eigenvalue weighted by atomic mass is 32.2. The van der Waals surface area contributed by atoms with Crippen LogP contribution in [-0.4, -0.2) is 19.9 Å². The van der Waals surface area contributed by atoms with Crippen LogP contribution in [0.15, 0.2) is 51.3 Å². The SMILES string of the molecule is N#Cc1ccc(Sc2nnc(-c3ccco3)n2N)nc1. The molecular formula is C12H8N6OS. The van der Waals surface area contributed by atoms with E-state index in [4.69, 9.17) is 15.5 Å². The minimum Gasteiger partial charge on any atom is -0.461 e. The topological polar surface area (TPSA) is 107 Å². The largest absolute Gasteiger partial charge is 0.461 e. The first-order valence-electron chi connectivity index (χ1n) is 5.56. The lowest BCUT2D eigenvalue weighted by atomic mass is 10.3. The fourth-order valence-electron chi connectivity index (χ4n) is 1.52. The van der Waals surface area contributed by atoms with E-state index in [9.17, 15) is 0 Å². The van der Waals surface area contributed by atoms with E-state index in [0.29, 0.717) is 27.3 Å². The average Bonchev–Trinajstić information content (AvgIpc) is 3.11. The first-order valence-corrected chi connectivity index (χ1v) is 6.38. The van der Waals surface area contributed by atoms with Gasteiger partial charge < -0.3 is 10.3 Å². The molecule has 0 aliphatic carbocycles. The molecule has 3 heterocycles. The van der Waals surface area contributed by atoms with Gasteiger partial charge in [0, 0.05) is 6.20 Å². The summed E-state index contributed by atoms with van der Waals surface area (Å²) in [5.74, 6) is 6.91. The molecule has 0 aromatic carbocycles. The van der Waals surface area contributed by atoms with E-state index >= 15 is 0 Å². The summed E-state index contributed by atoms with van der Waals surface area (Å²) >= 11 is 1.25. The normalized spacial score (nSPS) is 10.3. The molecule has 0 radical (unpaired) electrons. The number of aromatic nitrogens is 4. The van der Waals surface area contributed by atoms with Crippen LogP contribution >= 0.6 is 11.8 Å².